The summed E-state index contributed by atoms with van der Waals surface area (Å²) in [5, 5.41) is 2.89. The highest BCUT2D eigenvalue weighted by atomic mass is 19.4. The van der Waals surface area contributed by atoms with E-state index in [-0.39, 0.29) is 12.1 Å². The Morgan fingerprint density at radius 3 is 2.20 bits per heavy atom. The summed E-state index contributed by atoms with van der Waals surface area (Å²) in [5.74, 6) is -0.739. The fourth-order valence-electron chi connectivity index (χ4n) is 2.51. The summed E-state index contributed by atoms with van der Waals surface area (Å²) in [6, 6.07) is 2.40. The Bertz CT molecular complexity index is 655. The van der Waals surface area contributed by atoms with Crippen molar-refractivity contribution >= 4 is 13.2 Å². The molecule has 0 aromatic heterocycles. The molecule has 1 aromatic carbocycles. The third kappa shape index (κ3) is 4.24. The maximum Gasteiger partial charge on any atom is 0.491 e. The number of hydrogen-bond acceptors (Lipinski definition) is 3. The van der Waals surface area contributed by atoms with Crippen LogP contribution in [0.15, 0.2) is 23.7 Å². The second-order valence-corrected chi connectivity index (χ2v) is 7.07. The minimum Gasteiger partial charge on any atom is -0.400 e. The van der Waals surface area contributed by atoms with Crippen LogP contribution in [0.5, 0.6) is 0 Å². The third-order valence-corrected chi connectivity index (χ3v) is 4.60. The lowest BCUT2D eigenvalue weighted by atomic mass is 9.76. The lowest BCUT2D eigenvalue weighted by Gasteiger charge is -2.32. The second-order valence-electron chi connectivity index (χ2n) is 7.07. The molecule has 1 saturated heterocycles. The van der Waals surface area contributed by atoms with E-state index >= 15 is 0 Å². The first kappa shape index (κ1) is 19.9. The van der Waals surface area contributed by atoms with Gasteiger partial charge in [0, 0.05) is 6.54 Å². The highest BCUT2D eigenvalue weighted by molar-refractivity contribution is 6.55. The summed E-state index contributed by atoms with van der Waals surface area (Å²) in [4.78, 5) is 0. The molecular formula is C17H22BF4NO2. The highest BCUT2D eigenvalue weighted by Crippen LogP contribution is 2.39. The van der Waals surface area contributed by atoms with Crippen LogP contribution in [-0.2, 0) is 15.5 Å². The van der Waals surface area contributed by atoms with E-state index in [0.717, 1.165) is 18.2 Å². The van der Waals surface area contributed by atoms with Crippen LogP contribution in [0.4, 0.5) is 17.6 Å². The molecule has 0 spiro atoms. The predicted molar refractivity (Wildman–Crippen MR) is 89.4 cm³/mol. The zero-order valence-corrected chi connectivity index (χ0v) is 14.9. The van der Waals surface area contributed by atoms with Crippen LogP contribution in [0.1, 0.15) is 38.8 Å². The Balaban J connectivity index is 2.47. The minimum absolute atomic E-state index is 0.241. The molecule has 8 heteroatoms. The van der Waals surface area contributed by atoms with Gasteiger partial charge in [-0.25, -0.2) is 4.39 Å². The molecule has 1 aromatic rings. The van der Waals surface area contributed by atoms with Crippen molar-refractivity contribution in [2.45, 2.75) is 45.1 Å². The van der Waals surface area contributed by atoms with Crippen molar-refractivity contribution in [1.29, 1.82) is 0 Å². The van der Waals surface area contributed by atoms with Crippen molar-refractivity contribution in [3.05, 3.63) is 40.6 Å². The molecule has 3 nitrogen and oxygen atoms in total. The Hall–Kier alpha value is -1.38. The monoisotopic (exact) mass is 359 g/mol. The number of halogens is 4. The fraction of sp³-hybridized carbons (Fsp3) is 0.529. The smallest absolute Gasteiger partial charge is 0.400 e. The van der Waals surface area contributed by atoms with Crippen molar-refractivity contribution in [2.75, 3.05) is 13.6 Å². The van der Waals surface area contributed by atoms with Crippen LogP contribution in [0.2, 0.25) is 0 Å². The fourth-order valence-corrected chi connectivity index (χ4v) is 2.51. The van der Waals surface area contributed by atoms with Gasteiger partial charge in [-0.05, 0) is 64.0 Å². The molecule has 0 saturated carbocycles. The van der Waals surface area contributed by atoms with Gasteiger partial charge in [0.25, 0.3) is 0 Å². The zero-order valence-electron chi connectivity index (χ0n) is 14.9. The van der Waals surface area contributed by atoms with E-state index < -0.39 is 35.9 Å². The van der Waals surface area contributed by atoms with Crippen molar-refractivity contribution in [1.82, 2.24) is 5.32 Å². The molecule has 0 unspecified atom stereocenters. The maximum absolute atomic E-state index is 13.5. The van der Waals surface area contributed by atoms with Crippen LogP contribution in [-0.4, -0.2) is 31.9 Å². The van der Waals surface area contributed by atoms with E-state index in [2.05, 4.69) is 5.32 Å². The molecule has 1 N–H and O–H groups in total. The van der Waals surface area contributed by atoms with Gasteiger partial charge in [0.2, 0.25) is 0 Å². The summed E-state index contributed by atoms with van der Waals surface area (Å²) >= 11 is 0. The van der Waals surface area contributed by atoms with E-state index in [1.165, 1.54) is 6.08 Å². The molecular weight excluding hydrogens is 337 g/mol. The van der Waals surface area contributed by atoms with Crippen LogP contribution < -0.4 is 5.32 Å². The summed E-state index contributed by atoms with van der Waals surface area (Å²) in [6.45, 7) is 7.66. The molecule has 0 aliphatic carbocycles. The van der Waals surface area contributed by atoms with Crippen LogP contribution >= 0.6 is 0 Å². The maximum atomic E-state index is 13.5. The molecule has 1 fully saturated rings. The third-order valence-electron chi connectivity index (χ3n) is 4.60. The Morgan fingerprint density at radius 2 is 1.72 bits per heavy atom. The van der Waals surface area contributed by atoms with Gasteiger partial charge in [-0.3, -0.25) is 0 Å². The lowest BCUT2D eigenvalue weighted by Crippen LogP contribution is -2.41. The molecule has 2 rings (SSSR count). The van der Waals surface area contributed by atoms with E-state index in [1.54, 1.807) is 7.05 Å². The van der Waals surface area contributed by atoms with Crippen LogP contribution in [0.3, 0.4) is 0 Å². The number of rotatable bonds is 4. The zero-order chi connectivity index (χ0) is 19.0. The first-order valence-electron chi connectivity index (χ1n) is 7.95. The van der Waals surface area contributed by atoms with Gasteiger partial charge in [0.1, 0.15) is 5.82 Å². The standard InChI is InChI=1S/C17H22BF4NO2/c1-15(2)16(3,4)25-18(24-15)12(10-23-5)8-11-9-13(19)6-7-14(11)17(20,21)22/h6-9,23H,10H2,1-5H3. The molecule has 1 heterocycles. The summed E-state index contributed by atoms with van der Waals surface area (Å²) in [6.07, 6.45) is -3.30. The summed E-state index contributed by atoms with van der Waals surface area (Å²) < 4.78 is 65.0. The molecule has 1 aliphatic heterocycles. The number of hydrogen-bond donors (Lipinski definition) is 1. The normalized spacial score (nSPS) is 20.2. The molecule has 0 bridgehead atoms. The number of likely N-dealkylation sites (N-methyl/N-ethyl adjacent to an activating group) is 1. The van der Waals surface area contributed by atoms with Gasteiger partial charge < -0.3 is 14.6 Å². The summed E-state index contributed by atoms with van der Waals surface area (Å²) in [5.41, 5.74) is -1.96. The van der Waals surface area contributed by atoms with E-state index in [9.17, 15) is 17.6 Å². The Kier molecular flexibility index (Phi) is 5.38. The lowest BCUT2D eigenvalue weighted by molar-refractivity contribution is -0.137. The number of benzene rings is 1. The topological polar surface area (TPSA) is 30.5 Å². The van der Waals surface area contributed by atoms with Gasteiger partial charge in [-0.1, -0.05) is 6.08 Å². The Morgan fingerprint density at radius 1 is 1.16 bits per heavy atom. The highest BCUT2D eigenvalue weighted by Gasteiger charge is 2.52. The quantitative estimate of drug-likeness (QED) is 0.649. The number of nitrogens with one attached hydrogen (secondary N) is 1. The number of alkyl halides is 3. The molecule has 25 heavy (non-hydrogen) atoms. The first-order valence-corrected chi connectivity index (χ1v) is 7.95. The van der Waals surface area contributed by atoms with Crippen molar-refractivity contribution in [3.8, 4) is 0 Å². The van der Waals surface area contributed by atoms with Crippen molar-refractivity contribution < 1.29 is 26.9 Å². The second kappa shape index (κ2) is 6.74. The molecule has 1 aliphatic rings. The molecule has 0 radical (unpaired) electrons. The van der Waals surface area contributed by atoms with Crippen molar-refractivity contribution in [2.24, 2.45) is 0 Å². The van der Waals surface area contributed by atoms with Crippen molar-refractivity contribution in [3.63, 3.8) is 0 Å². The SMILES string of the molecule is CNCC(=Cc1cc(F)ccc1C(F)(F)F)B1OC(C)(C)C(C)(C)O1. The predicted octanol–water partition coefficient (Wildman–Crippen LogP) is 4.08. The molecule has 0 amide bonds. The average Bonchev–Trinajstić information content (AvgIpc) is 2.65. The summed E-state index contributed by atoms with van der Waals surface area (Å²) in [7, 11) is 0.844. The van der Waals surface area contributed by atoms with Gasteiger partial charge >= 0.3 is 13.3 Å². The van der Waals surface area contributed by atoms with Gasteiger partial charge in [-0.2, -0.15) is 13.2 Å². The molecule has 138 valence electrons. The molecule has 0 atom stereocenters. The Labute approximate surface area is 145 Å². The first-order chi connectivity index (χ1) is 11.4. The minimum atomic E-state index is -4.58. The van der Waals surface area contributed by atoms with E-state index in [0.29, 0.717) is 5.47 Å². The van der Waals surface area contributed by atoms with Crippen LogP contribution in [0, 0.1) is 5.82 Å². The largest absolute Gasteiger partial charge is 0.491 e. The van der Waals surface area contributed by atoms with Gasteiger partial charge in [0.15, 0.2) is 0 Å². The van der Waals surface area contributed by atoms with Gasteiger partial charge in [-0.15, -0.1) is 0 Å². The average molecular weight is 359 g/mol. The van der Waals surface area contributed by atoms with E-state index in [4.69, 9.17) is 9.31 Å². The van der Waals surface area contributed by atoms with Crippen LogP contribution in [0.25, 0.3) is 6.08 Å². The van der Waals surface area contributed by atoms with Gasteiger partial charge in [0.05, 0.1) is 16.8 Å². The van der Waals surface area contributed by atoms with E-state index in [1.807, 2.05) is 27.7 Å².